The molecule has 1 aliphatic rings. The van der Waals surface area contributed by atoms with E-state index in [-0.39, 0.29) is 17.6 Å². The number of aryl methyl sites for hydroxylation is 1. The lowest BCUT2D eigenvalue weighted by Crippen LogP contribution is -2.48. The fourth-order valence-corrected chi connectivity index (χ4v) is 4.21. The predicted octanol–water partition coefficient (Wildman–Crippen LogP) is 1.39. The lowest BCUT2D eigenvalue weighted by atomic mass is 10.1. The largest absolute Gasteiger partial charge is 0.369 e. The summed E-state index contributed by atoms with van der Waals surface area (Å²) in [5, 5.41) is 9.07. The Morgan fingerprint density at radius 3 is 2.68 bits per heavy atom. The molecule has 1 aromatic heterocycles. The van der Waals surface area contributed by atoms with Crippen LogP contribution >= 0.6 is 23.1 Å². The number of hydrogen-bond acceptors (Lipinski definition) is 7. The van der Waals surface area contributed by atoms with Crippen molar-refractivity contribution in [3.05, 3.63) is 35.4 Å². The molecule has 1 saturated heterocycles. The van der Waals surface area contributed by atoms with E-state index in [2.05, 4.69) is 15.1 Å². The topological polar surface area (TPSA) is 92.4 Å². The van der Waals surface area contributed by atoms with Crippen molar-refractivity contribution in [3.63, 3.8) is 0 Å². The number of thioether (sulfide) groups is 1. The molecule has 0 bridgehead atoms. The Kier molecular flexibility index (Phi) is 5.54. The molecule has 0 spiro atoms. The molecule has 25 heavy (non-hydrogen) atoms. The standard InChI is InChI=1S/C16H19N5O2S2/c1-11-3-2-4-12(9-11)14(23)20-5-7-21(8-6-20)15-18-19-16(25-15)24-10-13(17)22/h2-4,9H,5-8,10H2,1H3,(H2,17,22). The molecule has 1 aromatic carbocycles. The van der Waals surface area contributed by atoms with Crippen LogP contribution in [0.1, 0.15) is 15.9 Å². The first-order chi connectivity index (χ1) is 12.0. The normalized spacial score (nSPS) is 14.6. The second-order valence-electron chi connectivity index (χ2n) is 5.75. The highest BCUT2D eigenvalue weighted by Crippen LogP contribution is 2.28. The molecule has 2 aromatic rings. The highest BCUT2D eigenvalue weighted by molar-refractivity contribution is 8.01. The van der Waals surface area contributed by atoms with Gasteiger partial charge in [-0.3, -0.25) is 9.59 Å². The van der Waals surface area contributed by atoms with Gasteiger partial charge in [0.05, 0.1) is 5.75 Å². The minimum absolute atomic E-state index is 0.0679. The van der Waals surface area contributed by atoms with Gasteiger partial charge in [-0.1, -0.05) is 40.8 Å². The number of carbonyl (C=O) groups is 2. The van der Waals surface area contributed by atoms with E-state index in [1.807, 2.05) is 36.1 Å². The van der Waals surface area contributed by atoms with Crippen molar-refractivity contribution < 1.29 is 9.59 Å². The molecule has 2 N–H and O–H groups in total. The first-order valence-corrected chi connectivity index (χ1v) is 9.68. The Bertz CT molecular complexity index is 771. The number of hydrogen-bond donors (Lipinski definition) is 1. The third-order valence-corrected chi connectivity index (χ3v) is 5.98. The number of nitrogens with two attached hydrogens (primary N) is 1. The fourth-order valence-electron chi connectivity index (χ4n) is 2.58. The molecule has 7 nitrogen and oxygen atoms in total. The van der Waals surface area contributed by atoms with Gasteiger partial charge in [-0.05, 0) is 19.1 Å². The molecule has 1 aliphatic heterocycles. The third kappa shape index (κ3) is 4.49. The zero-order valence-corrected chi connectivity index (χ0v) is 15.5. The number of carbonyl (C=O) groups excluding carboxylic acids is 2. The van der Waals surface area contributed by atoms with Gasteiger partial charge in [-0.2, -0.15) is 0 Å². The van der Waals surface area contributed by atoms with E-state index in [0.717, 1.165) is 20.6 Å². The van der Waals surface area contributed by atoms with Crippen molar-refractivity contribution in [1.82, 2.24) is 15.1 Å². The molecule has 132 valence electrons. The molecule has 2 heterocycles. The van der Waals surface area contributed by atoms with Crippen LogP contribution in [0.3, 0.4) is 0 Å². The molecule has 0 unspecified atom stereocenters. The molecular formula is C16H19N5O2S2. The quantitative estimate of drug-likeness (QED) is 0.792. The van der Waals surface area contributed by atoms with Gasteiger partial charge in [-0.25, -0.2) is 0 Å². The Hall–Kier alpha value is -2.13. The fraction of sp³-hybridized carbons (Fsp3) is 0.375. The van der Waals surface area contributed by atoms with Gasteiger partial charge in [-0.15, -0.1) is 10.2 Å². The number of nitrogens with zero attached hydrogens (tertiary/aromatic N) is 4. The van der Waals surface area contributed by atoms with Crippen molar-refractivity contribution in [2.75, 3.05) is 36.8 Å². The molecule has 3 rings (SSSR count). The van der Waals surface area contributed by atoms with Gasteiger partial charge in [0.15, 0.2) is 4.34 Å². The summed E-state index contributed by atoms with van der Waals surface area (Å²) in [5.41, 5.74) is 6.95. The summed E-state index contributed by atoms with van der Waals surface area (Å²) in [6.45, 7) is 4.71. The number of primary amides is 1. The number of anilines is 1. The van der Waals surface area contributed by atoms with E-state index in [1.54, 1.807) is 0 Å². The van der Waals surface area contributed by atoms with Crippen LogP contribution in [0, 0.1) is 6.92 Å². The number of piperazine rings is 1. The van der Waals surface area contributed by atoms with Crippen molar-refractivity contribution >= 4 is 40.0 Å². The van der Waals surface area contributed by atoms with Crippen LogP contribution in [-0.2, 0) is 4.79 Å². The van der Waals surface area contributed by atoms with E-state index >= 15 is 0 Å². The Labute approximate surface area is 154 Å². The van der Waals surface area contributed by atoms with E-state index in [9.17, 15) is 9.59 Å². The maximum Gasteiger partial charge on any atom is 0.253 e. The van der Waals surface area contributed by atoms with E-state index in [1.165, 1.54) is 23.1 Å². The molecular weight excluding hydrogens is 358 g/mol. The van der Waals surface area contributed by atoms with Gasteiger partial charge in [0.2, 0.25) is 11.0 Å². The average Bonchev–Trinajstić information content (AvgIpc) is 3.08. The van der Waals surface area contributed by atoms with Crippen molar-refractivity contribution in [3.8, 4) is 0 Å². The molecule has 0 radical (unpaired) electrons. The molecule has 0 aliphatic carbocycles. The Balaban J connectivity index is 1.56. The monoisotopic (exact) mass is 377 g/mol. The van der Waals surface area contributed by atoms with Gasteiger partial charge >= 0.3 is 0 Å². The Morgan fingerprint density at radius 2 is 2.00 bits per heavy atom. The summed E-state index contributed by atoms with van der Waals surface area (Å²) >= 11 is 2.74. The van der Waals surface area contributed by atoms with E-state index < -0.39 is 0 Å². The van der Waals surface area contributed by atoms with Gasteiger partial charge in [0, 0.05) is 31.7 Å². The van der Waals surface area contributed by atoms with E-state index in [0.29, 0.717) is 26.2 Å². The smallest absolute Gasteiger partial charge is 0.253 e. The highest BCUT2D eigenvalue weighted by Gasteiger charge is 2.24. The van der Waals surface area contributed by atoms with Gasteiger partial charge in [0.25, 0.3) is 5.91 Å². The Morgan fingerprint density at radius 1 is 1.24 bits per heavy atom. The highest BCUT2D eigenvalue weighted by atomic mass is 32.2. The van der Waals surface area contributed by atoms with Crippen LogP contribution in [0.15, 0.2) is 28.6 Å². The lowest BCUT2D eigenvalue weighted by molar-refractivity contribution is -0.115. The van der Waals surface area contributed by atoms with Crippen molar-refractivity contribution in [2.24, 2.45) is 5.73 Å². The zero-order chi connectivity index (χ0) is 17.8. The van der Waals surface area contributed by atoms with Gasteiger partial charge < -0.3 is 15.5 Å². The third-order valence-electron chi connectivity index (χ3n) is 3.84. The second-order valence-corrected chi connectivity index (χ2v) is 7.93. The maximum absolute atomic E-state index is 12.6. The molecule has 9 heteroatoms. The van der Waals surface area contributed by atoms with Crippen LogP contribution in [-0.4, -0.2) is 58.8 Å². The van der Waals surface area contributed by atoms with Crippen LogP contribution in [0.5, 0.6) is 0 Å². The molecule has 2 amide bonds. The summed E-state index contributed by atoms with van der Waals surface area (Å²) in [6.07, 6.45) is 0. The van der Waals surface area contributed by atoms with Crippen LogP contribution in [0.25, 0.3) is 0 Å². The summed E-state index contributed by atoms with van der Waals surface area (Å²) < 4.78 is 0.729. The van der Waals surface area contributed by atoms with E-state index in [4.69, 9.17) is 5.73 Å². The molecule has 1 fully saturated rings. The maximum atomic E-state index is 12.6. The minimum atomic E-state index is -0.370. The average molecular weight is 377 g/mol. The first kappa shape index (κ1) is 17.7. The molecule has 0 saturated carbocycles. The van der Waals surface area contributed by atoms with Gasteiger partial charge in [0.1, 0.15) is 0 Å². The zero-order valence-electron chi connectivity index (χ0n) is 13.8. The van der Waals surface area contributed by atoms with Crippen LogP contribution in [0.4, 0.5) is 5.13 Å². The first-order valence-electron chi connectivity index (χ1n) is 7.88. The van der Waals surface area contributed by atoms with Crippen molar-refractivity contribution in [2.45, 2.75) is 11.3 Å². The number of rotatable bonds is 5. The predicted molar refractivity (Wildman–Crippen MR) is 99.1 cm³/mol. The SMILES string of the molecule is Cc1cccc(C(=O)N2CCN(c3nnc(SCC(N)=O)s3)CC2)c1. The summed E-state index contributed by atoms with van der Waals surface area (Å²) in [4.78, 5) is 27.4. The number of benzene rings is 1. The lowest BCUT2D eigenvalue weighted by Gasteiger charge is -2.34. The van der Waals surface area contributed by atoms with Crippen LogP contribution < -0.4 is 10.6 Å². The number of amides is 2. The summed E-state index contributed by atoms with van der Waals surface area (Å²) in [7, 11) is 0. The second kappa shape index (κ2) is 7.83. The number of aromatic nitrogens is 2. The summed E-state index contributed by atoms with van der Waals surface area (Å²) in [5.74, 6) is -0.101. The van der Waals surface area contributed by atoms with Crippen molar-refractivity contribution in [1.29, 1.82) is 0 Å². The minimum Gasteiger partial charge on any atom is -0.369 e. The molecule has 0 atom stereocenters. The van der Waals surface area contributed by atoms with Crippen LogP contribution in [0.2, 0.25) is 0 Å². The summed E-state index contributed by atoms with van der Waals surface area (Å²) in [6, 6.07) is 7.67.